The van der Waals surface area contributed by atoms with Gasteiger partial charge in [-0.2, -0.15) is 0 Å². The van der Waals surface area contributed by atoms with Crippen LogP contribution in [0.4, 0.5) is 0 Å². The Hall–Kier alpha value is -4.34. The molecule has 0 saturated carbocycles. The normalized spacial score (nSPS) is 10.9. The monoisotopic (exact) mass is 513 g/mol. The average molecular weight is 514 g/mol. The van der Waals surface area contributed by atoms with Gasteiger partial charge in [0.15, 0.2) is 11.5 Å². The molecule has 196 valence electrons. The minimum absolute atomic E-state index is 0.500. The van der Waals surface area contributed by atoms with Crippen LogP contribution in [0.15, 0.2) is 140 Å². The maximum absolute atomic E-state index is 6.31. The summed E-state index contributed by atoms with van der Waals surface area (Å²) in [4.78, 5) is 2.51. The van der Waals surface area contributed by atoms with Crippen LogP contribution in [0.3, 0.4) is 0 Å². The van der Waals surface area contributed by atoms with Crippen molar-refractivity contribution in [3.63, 3.8) is 0 Å². The highest BCUT2D eigenvalue weighted by atomic mass is 16.5. The summed E-state index contributed by atoms with van der Waals surface area (Å²) in [5.41, 5.74) is 6.15. The van der Waals surface area contributed by atoms with Gasteiger partial charge in [-0.05, 0) is 46.4 Å². The average Bonchev–Trinajstić information content (AvgIpc) is 3.00. The standard InChI is InChI=1S/C36H35NO2/c1-5-13-31(14-6-1)26-37(27-32-15-7-2-8-16-32)24-23-30-21-22-35(38-28-33-17-9-3-10-18-33)36(25-30)39-29-34-19-11-4-12-20-34/h1-22,25H,23-24,26-29H2. The first kappa shape index (κ1) is 26.3. The number of hydrogen-bond donors (Lipinski definition) is 0. The maximum Gasteiger partial charge on any atom is 0.161 e. The van der Waals surface area contributed by atoms with Crippen LogP contribution in [-0.4, -0.2) is 11.4 Å². The molecule has 0 aliphatic heterocycles. The lowest BCUT2D eigenvalue weighted by Crippen LogP contribution is -2.25. The molecule has 5 aromatic rings. The summed E-state index contributed by atoms with van der Waals surface area (Å²) in [6, 6.07) is 48.3. The Bertz CT molecular complexity index is 1350. The van der Waals surface area contributed by atoms with Crippen LogP contribution in [0.25, 0.3) is 0 Å². The fourth-order valence-corrected chi connectivity index (χ4v) is 4.60. The Morgan fingerprint density at radius 1 is 0.410 bits per heavy atom. The quantitative estimate of drug-likeness (QED) is 0.159. The first-order valence-electron chi connectivity index (χ1n) is 13.6. The third-order valence-corrected chi connectivity index (χ3v) is 6.70. The Morgan fingerprint density at radius 2 is 0.846 bits per heavy atom. The van der Waals surface area contributed by atoms with E-state index >= 15 is 0 Å². The maximum atomic E-state index is 6.31. The summed E-state index contributed by atoms with van der Waals surface area (Å²) in [5.74, 6) is 1.55. The van der Waals surface area contributed by atoms with Crippen LogP contribution in [0, 0.1) is 0 Å². The number of ether oxygens (including phenoxy) is 2. The molecule has 39 heavy (non-hydrogen) atoms. The second-order valence-electron chi connectivity index (χ2n) is 9.76. The molecule has 0 N–H and O–H groups in total. The Kier molecular flexibility index (Phi) is 9.43. The third-order valence-electron chi connectivity index (χ3n) is 6.70. The second kappa shape index (κ2) is 14.0. The van der Waals surface area contributed by atoms with Gasteiger partial charge in [0.05, 0.1) is 0 Å². The number of benzene rings is 5. The first-order valence-corrected chi connectivity index (χ1v) is 13.6. The van der Waals surface area contributed by atoms with E-state index in [1.165, 1.54) is 16.7 Å². The van der Waals surface area contributed by atoms with Crippen LogP contribution in [0.1, 0.15) is 27.8 Å². The Labute approximate surface area is 232 Å². The smallest absolute Gasteiger partial charge is 0.161 e. The third kappa shape index (κ3) is 8.33. The molecular formula is C36H35NO2. The van der Waals surface area contributed by atoms with Gasteiger partial charge in [0.1, 0.15) is 13.2 Å². The van der Waals surface area contributed by atoms with Gasteiger partial charge in [-0.25, -0.2) is 0 Å². The van der Waals surface area contributed by atoms with Crippen LogP contribution in [0.5, 0.6) is 11.5 Å². The molecule has 0 radical (unpaired) electrons. The van der Waals surface area contributed by atoms with Crippen molar-refractivity contribution in [3.8, 4) is 11.5 Å². The largest absolute Gasteiger partial charge is 0.485 e. The summed E-state index contributed by atoms with van der Waals surface area (Å²) in [6.07, 6.45) is 0.917. The topological polar surface area (TPSA) is 21.7 Å². The molecule has 3 heteroatoms. The van der Waals surface area contributed by atoms with Gasteiger partial charge < -0.3 is 9.47 Å². The number of hydrogen-bond acceptors (Lipinski definition) is 3. The molecule has 0 aliphatic rings. The van der Waals surface area contributed by atoms with E-state index in [1.807, 2.05) is 36.4 Å². The molecule has 0 spiro atoms. The van der Waals surface area contributed by atoms with E-state index in [0.717, 1.165) is 48.7 Å². The molecule has 0 saturated heterocycles. The van der Waals surface area contributed by atoms with Crippen LogP contribution < -0.4 is 9.47 Å². The van der Waals surface area contributed by atoms with Crippen molar-refractivity contribution in [2.75, 3.05) is 6.54 Å². The van der Waals surface area contributed by atoms with Crippen molar-refractivity contribution in [1.29, 1.82) is 0 Å². The Balaban J connectivity index is 1.30. The molecule has 0 atom stereocenters. The van der Waals surface area contributed by atoms with Gasteiger partial charge in [-0.1, -0.05) is 127 Å². The van der Waals surface area contributed by atoms with E-state index < -0.39 is 0 Å². The first-order chi connectivity index (χ1) is 19.3. The Morgan fingerprint density at radius 3 is 1.33 bits per heavy atom. The summed E-state index contributed by atoms with van der Waals surface area (Å²) in [7, 11) is 0. The molecule has 0 bridgehead atoms. The molecule has 0 fully saturated rings. The van der Waals surface area contributed by atoms with Crippen molar-refractivity contribution in [1.82, 2.24) is 4.90 Å². The lowest BCUT2D eigenvalue weighted by atomic mass is 10.1. The second-order valence-corrected chi connectivity index (χ2v) is 9.76. The van der Waals surface area contributed by atoms with E-state index in [9.17, 15) is 0 Å². The molecule has 0 aromatic heterocycles. The minimum Gasteiger partial charge on any atom is -0.485 e. The van der Waals surface area contributed by atoms with E-state index in [1.54, 1.807) is 0 Å². The van der Waals surface area contributed by atoms with Crippen molar-refractivity contribution >= 4 is 0 Å². The highest BCUT2D eigenvalue weighted by molar-refractivity contribution is 5.43. The van der Waals surface area contributed by atoms with Gasteiger partial charge in [-0.15, -0.1) is 0 Å². The molecule has 0 heterocycles. The van der Waals surface area contributed by atoms with Crippen molar-refractivity contribution in [3.05, 3.63) is 167 Å². The van der Waals surface area contributed by atoms with Crippen molar-refractivity contribution in [2.24, 2.45) is 0 Å². The highest BCUT2D eigenvalue weighted by Crippen LogP contribution is 2.30. The fourth-order valence-electron chi connectivity index (χ4n) is 4.60. The van der Waals surface area contributed by atoms with E-state index in [-0.39, 0.29) is 0 Å². The van der Waals surface area contributed by atoms with E-state index in [2.05, 4.69) is 108 Å². The zero-order chi connectivity index (χ0) is 26.5. The van der Waals surface area contributed by atoms with Gasteiger partial charge in [0.25, 0.3) is 0 Å². The molecular weight excluding hydrogens is 478 g/mol. The predicted molar refractivity (Wildman–Crippen MR) is 159 cm³/mol. The fraction of sp³-hybridized carbons (Fsp3) is 0.167. The van der Waals surface area contributed by atoms with Gasteiger partial charge in [0.2, 0.25) is 0 Å². The van der Waals surface area contributed by atoms with Gasteiger partial charge >= 0.3 is 0 Å². The molecule has 0 amide bonds. The van der Waals surface area contributed by atoms with Crippen molar-refractivity contribution < 1.29 is 9.47 Å². The number of rotatable bonds is 13. The molecule has 0 unspecified atom stereocenters. The SMILES string of the molecule is c1ccc(COc2ccc(CCN(Cc3ccccc3)Cc3ccccc3)cc2OCc2ccccc2)cc1. The zero-order valence-corrected chi connectivity index (χ0v) is 22.3. The summed E-state index contributed by atoms with van der Waals surface area (Å²) >= 11 is 0. The molecule has 5 rings (SSSR count). The molecule has 5 aromatic carbocycles. The van der Waals surface area contributed by atoms with E-state index in [0.29, 0.717) is 13.2 Å². The van der Waals surface area contributed by atoms with Crippen molar-refractivity contribution in [2.45, 2.75) is 32.7 Å². The highest BCUT2D eigenvalue weighted by Gasteiger charge is 2.12. The predicted octanol–water partition coefficient (Wildman–Crippen LogP) is 8.09. The van der Waals surface area contributed by atoms with Crippen LogP contribution >= 0.6 is 0 Å². The van der Waals surface area contributed by atoms with Crippen LogP contribution in [-0.2, 0) is 32.7 Å². The summed E-state index contributed by atoms with van der Waals surface area (Å²) in [6.45, 7) is 3.76. The summed E-state index contributed by atoms with van der Waals surface area (Å²) in [5, 5.41) is 0. The van der Waals surface area contributed by atoms with E-state index in [4.69, 9.17) is 9.47 Å². The van der Waals surface area contributed by atoms with Gasteiger partial charge in [-0.3, -0.25) is 4.90 Å². The minimum atomic E-state index is 0.500. The van der Waals surface area contributed by atoms with Crippen LogP contribution in [0.2, 0.25) is 0 Å². The zero-order valence-electron chi connectivity index (χ0n) is 22.3. The van der Waals surface area contributed by atoms with Gasteiger partial charge in [0, 0.05) is 19.6 Å². The number of nitrogens with zero attached hydrogens (tertiary/aromatic N) is 1. The lowest BCUT2D eigenvalue weighted by molar-refractivity contribution is 0.253. The lowest BCUT2D eigenvalue weighted by Gasteiger charge is -2.23. The molecule has 3 nitrogen and oxygen atoms in total. The summed E-state index contributed by atoms with van der Waals surface area (Å²) < 4.78 is 12.5. The molecule has 0 aliphatic carbocycles.